The van der Waals surface area contributed by atoms with Crippen LogP contribution in [-0.4, -0.2) is 36.2 Å². The van der Waals surface area contributed by atoms with E-state index in [1.807, 2.05) is 0 Å². The van der Waals surface area contributed by atoms with Crippen LogP contribution in [-0.2, 0) is 11.3 Å². The molecule has 0 aliphatic carbocycles. The van der Waals surface area contributed by atoms with Gasteiger partial charge in [-0.25, -0.2) is 4.98 Å². The zero-order valence-electron chi connectivity index (χ0n) is 8.91. The molecule has 1 rings (SSSR count). The summed E-state index contributed by atoms with van der Waals surface area (Å²) in [5, 5.41) is 0.469. The lowest BCUT2D eigenvalue weighted by molar-refractivity contribution is -0.132. The van der Waals surface area contributed by atoms with Crippen molar-refractivity contribution in [2.45, 2.75) is 19.2 Å². The Hall–Kier alpha value is -0.890. The van der Waals surface area contributed by atoms with Crippen molar-refractivity contribution in [2.24, 2.45) is 0 Å². The van der Waals surface area contributed by atoms with E-state index in [4.69, 9.17) is 4.74 Å². The Morgan fingerprint density at radius 2 is 2.12 bits per heavy atom. The van der Waals surface area contributed by atoms with E-state index >= 15 is 0 Å². The van der Waals surface area contributed by atoms with Gasteiger partial charge in [0.2, 0.25) is 5.13 Å². The van der Waals surface area contributed by atoms with Gasteiger partial charge in [0.05, 0.1) is 6.42 Å². The van der Waals surface area contributed by atoms with Crippen LogP contribution in [0, 0.1) is 0 Å². The molecule has 4 nitrogen and oxygen atoms in total. The van der Waals surface area contributed by atoms with Crippen LogP contribution in [0.5, 0.6) is 0 Å². The number of aromatic nitrogens is 2. The fourth-order valence-electron chi connectivity index (χ4n) is 0.978. The molecule has 0 unspecified atom stereocenters. The standard InChI is InChI=1S/C8H12F3N3OS/c1-14(4-3-8(9,10)11)7-12-6(5-15-2)13-16-7/h3-5H2,1-2H3. The highest BCUT2D eigenvalue weighted by atomic mass is 32.1. The first kappa shape index (κ1) is 13.2. The Morgan fingerprint density at radius 3 is 2.69 bits per heavy atom. The molecule has 1 heterocycles. The van der Waals surface area contributed by atoms with Crippen LogP contribution in [0.15, 0.2) is 0 Å². The predicted octanol–water partition coefficient (Wildman–Crippen LogP) is 2.07. The molecule has 0 aliphatic rings. The number of alkyl halides is 3. The van der Waals surface area contributed by atoms with Crippen LogP contribution in [0.1, 0.15) is 12.2 Å². The smallest absolute Gasteiger partial charge is 0.377 e. The molecule has 0 N–H and O–H groups in total. The molecule has 0 amide bonds. The van der Waals surface area contributed by atoms with Gasteiger partial charge in [0.15, 0.2) is 5.82 Å². The fraction of sp³-hybridized carbons (Fsp3) is 0.750. The van der Waals surface area contributed by atoms with Gasteiger partial charge in [-0.3, -0.25) is 0 Å². The second-order valence-electron chi connectivity index (χ2n) is 3.21. The molecule has 0 fully saturated rings. The summed E-state index contributed by atoms with van der Waals surface area (Å²) in [6.07, 6.45) is -5.00. The number of hydrogen-bond acceptors (Lipinski definition) is 5. The lowest BCUT2D eigenvalue weighted by Gasteiger charge is -2.15. The van der Waals surface area contributed by atoms with Crippen LogP contribution < -0.4 is 4.90 Å². The third-order valence-electron chi connectivity index (χ3n) is 1.79. The molecule has 8 heteroatoms. The van der Waals surface area contributed by atoms with Gasteiger partial charge in [-0.15, -0.1) is 0 Å². The highest BCUT2D eigenvalue weighted by Crippen LogP contribution is 2.22. The Kier molecular flexibility index (Phi) is 4.48. The molecule has 0 aromatic carbocycles. The first-order chi connectivity index (χ1) is 7.42. The van der Waals surface area contributed by atoms with Crippen molar-refractivity contribution in [3.8, 4) is 0 Å². The van der Waals surface area contributed by atoms with E-state index in [-0.39, 0.29) is 13.2 Å². The van der Waals surface area contributed by atoms with Crippen molar-refractivity contribution < 1.29 is 17.9 Å². The van der Waals surface area contributed by atoms with Gasteiger partial charge < -0.3 is 9.64 Å². The van der Waals surface area contributed by atoms with Crippen LogP contribution in [0.25, 0.3) is 0 Å². The van der Waals surface area contributed by atoms with Crippen molar-refractivity contribution >= 4 is 16.7 Å². The molecule has 1 aromatic heterocycles. The molecule has 0 saturated carbocycles. The summed E-state index contributed by atoms with van der Waals surface area (Å²) >= 11 is 1.07. The van der Waals surface area contributed by atoms with E-state index in [2.05, 4.69) is 9.36 Å². The van der Waals surface area contributed by atoms with Crippen molar-refractivity contribution in [1.29, 1.82) is 0 Å². The Balaban J connectivity index is 2.49. The van der Waals surface area contributed by atoms with E-state index in [0.29, 0.717) is 11.0 Å². The molecule has 0 saturated heterocycles. The summed E-state index contributed by atoms with van der Waals surface area (Å²) in [6, 6.07) is 0. The lowest BCUT2D eigenvalue weighted by atomic mass is 10.4. The van der Waals surface area contributed by atoms with Crippen molar-refractivity contribution in [3.05, 3.63) is 5.82 Å². The molecule has 0 bridgehead atoms. The molecule has 0 atom stereocenters. The minimum Gasteiger partial charge on any atom is -0.377 e. The largest absolute Gasteiger partial charge is 0.390 e. The highest BCUT2D eigenvalue weighted by Gasteiger charge is 2.27. The van der Waals surface area contributed by atoms with Gasteiger partial charge in [0, 0.05) is 32.2 Å². The second-order valence-corrected chi connectivity index (χ2v) is 3.94. The SMILES string of the molecule is COCc1nsc(N(C)CCC(F)(F)F)n1. The van der Waals surface area contributed by atoms with Gasteiger partial charge in [-0.1, -0.05) is 0 Å². The van der Waals surface area contributed by atoms with Crippen LogP contribution >= 0.6 is 11.5 Å². The molecular formula is C8H12F3N3OS. The molecule has 16 heavy (non-hydrogen) atoms. The first-order valence-corrected chi connectivity index (χ1v) is 5.29. The fourth-order valence-corrected chi connectivity index (χ4v) is 1.64. The summed E-state index contributed by atoms with van der Waals surface area (Å²) in [5.74, 6) is 0.487. The Bertz CT molecular complexity index is 329. The van der Waals surface area contributed by atoms with Gasteiger partial charge in [-0.2, -0.15) is 17.5 Å². The van der Waals surface area contributed by atoms with Gasteiger partial charge >= 0.3 is 6.18 Å². The van der Waals surface area contributed by atoms with E-state index < -0.39 is 12.6 Å². The quantitative estimate of drug-likeness (QED) is 0.807. The van der Waals surface area contributed by atoms with E-state index in [1.165, 1.54) is 12.0 Å². The zero-order chi connectivity index (χ0) is 12.2. The van der Waals surface area contributed by atoms with E-state index in [9.17, 15) is 13.2 Å². The summed E-state index contributed by atoms with van der Waals surface area (Å²) in [6.45, 7) is 0.148. The molecule has 0 aliphatic heterocycles. The molecule has 1 aromatic rings. The number of anilines is 1. The lowest BCUT2D eigenvalue weighted by Crippen LogP contribution is -2.23. The number of rotatable bonds is 5. The zero-order valence-corrected chi connectivity index (χ0v) is 9.73. The van der Waals surface area contributed by atoms with E-state index in [0.717, 1.165) is 11.5 Å². The summed E-state index contributed by atoms with van der Waals surface area (Å²) in [5.41, 5.74) is 0. The van der Waals surface area contributed by atoms with E-state index in [1.54, 1.807) is 7.05 Å². The monoisotopic (exact) mass is 255 g/mol. The third-order valence-corrected chi connectivity index (χ3v) is 2.66. The van der Waals surface area contributed by atoms with Gasteiger partial charge in [0.25, 0.3) is 0 Å². The minimum absolute atomic E-state index is 0.120. The Morgan fingerprint density at radius 1 is 1.44 bits per heavy atom. The molecule has 0 radical (unpaired) electrons. The maximum Gasteiger partial charge on any atom is 0.390 e. The van der Waals surface area contributed by atoms with Crippen molar-refractivity contribution in [3.63, 3.8) is 0 Å². The normalized spacial score (nSPS) is 11.8. The second kappa shape index (κ2) is 5.44. The number of methoxy groups -OCH3 is 1. The molecular weight excluding hydrogens is 243 g/mol. The maximum absolute atomic E-state index is 12.0. The van der Waals surface area contributed by atoms with Crippen LogP contribution in [0.3, 0.4) is 0 Å². The number of halogens is 3. The summed E-state index contributed by atoms with van der Waals surface area (Å²) in [4.78, 5) is 5.48. The number of hydrogen-bond donors (Lipinski definition) is 0. The summed E-state index contributed by atoms with van der Waals surface area (Å²) < 4.78 is 44.7. The minimum atomic E-state index is -4.14. The van der Waals surface area contributed by atoms with Gasteiger partial charge in [-0.05, 0) is 0 Å². The van der Waals surface area contributed by atoms with Crippen molar-refractivity contribution in [1.82, 2.24) is 9.36 Å². The van der Waals surface area contributed by atoms with Crippen LogP contribution in [0.2, 0.25) is 0 Å². The Labute approximate surface area is 95.2 Å². The predicted molar refractivity (Wildman–Crippen MR) is 54.6 cm³/mol. The number of ether oxygens (including phenoxy) is 1. The molecule has 92 valence electrons. The van der Waals surface area contributed by atoms with Crippen molar-refractivity contribution in [2.75, 3.05) is 25.6 Å². The molecule has 0 spiro atoms. The summed E-state index contributed by atoms with van der Waals surface area (Å²) in [7, 11) is 3.07. The highest BCUT2D eigenvalue weighted by molar-refractivity contribution is 7.09. The van der Waals surface area contributed by atoms with Gasteiger partial charge in [0.1, 0.15) is 6.61 Å². The third kappa shape index (κ3) is 4.31. The first-order valence-electron chi connectivity index (χ1n) is 4.52. The topological polar surface area (TPSA) is 38.2 Å². The average Bonchev–Trinajstić information content (AvgIpc) is 2.62. The average molecular weight is 255 g/mol. The maximum atomic E-state index is 12.0. The number of nitrogens with zero attached hydrogens (tertiary/aromatic N) is 3. The van der Waals surface area contributed by atoms with Crippen LogP contribution in [0.4, 0.5) is 18.3 Å².